The number of allylic oxidation sites excluding steroid dienone is 2. The van der Waals surface area contributed by atoms with Crippen LogP contribution >= 0.6 is 0 Å². The monoisotopic (exact) mass is 234 g/mol. The van der Waals surface area contributed by atoms with Gasteiger partial charge in [-0.3, -0.25) is 4.79 Å². The van der Waals surface area contributed by atoms with E-state index in [-0.39, 0.29) is 5.78 Å². The number of Topliss-reactive ketones (excluding diaryl/α,β-unsaturated/α-hetero) is 1. The Balaban J connectivity index is 2.62. The second-order valence-corrected chi connectivity index (χ2v) is 3.96. The number of hydrogen-bond acceptors (Lipinski definition) is 4. The third kappa shape index (κ3) is 1.75. The van der Waals surface area contributed by atoms with Crippen LogP contribution in [-0.4, -0.2) is 20.0 Å². The molecule has 0 amide bonds. The first-order chi connectivity index (χ1) is 8.08. The predicted molar refractivity (Wildman–Crippen MR) is 62.9 cm³/mol. The van der Waals surface area contributed by atoms with Crippen molar-refractivity contribution in [2.75, 3.05) is 14.2 Å². The van der Waals surface area contributed by atoms with Crippen molar-refractivity contribution in [3.05, 3.63) is 29.0 Å². The Kier molecular flexibility index (Phi) is 2.79. The van der Waals surface area contributed by atoms with Crippen molar-refractivity contribution in [3.8, 4) is 17.2 Å². The van der Waals surface area contributed by atoms with Gasteiger partial charge < -0.3 is 14.2 Å². The Morgan fingerprint density at radius 3 is 2.41 bits per heavy atom. The van der Waals surface area contributed by atoms with E-state index in [4.69, 9.17) is 14.2 Å². The van der Waals surface area contributed by atoms with E-state index in [0.29, 0.717) is 28.6 Å². The van der Waals surface area contributed by atoms with Crippen molar-refractivity contribution in [2.24, 2.45) is 0 Å². The molecule has 0 radical (unpaired) electrons. The molecule has 0 saturated heterocycles. The molecule has 90 valence electrons. The predicted octanol–water partition coefficient (Wildman–Crippen LogP) is 2.57. The van der Waals surface area contributed by atoms with E-state index in [1.807, 2.05) is 13.8 Å². The zero-order valence-corrected chi connectivity index (χ0v) is 10.3. The number of ketones is 1. The Morgan fingerprint density at radius 1 is 1.18 bits per heavy atom. The van der Waals surface area contributed by atoms with Crippen LogP contribution in [0.1, 0.15) is 24.2 Å². The van der Waals surface area contributed by atoms with Gasteiger partial charge in [0, 0.05) is 12.1 Å². The summed E-state index contributed by atoms with van der Waals surface area (Å²) in [7, 11) is 3.07. The lowest BCUT2D eigenvalue weighted by Gasteiger charge is -2.07. The van der Waals surface area contributed by atoms with Crippen LogP contribution in [0.4, 0.5) is 0 Å². The minimum Gasteiger partial charge on any atom is -0.496 e. The normalized spacial score (nSPS) is 13.2. The second-order valence-electron chi connectivity index (χ2n) is 3.96. The molecule has 0 spiro atoms. The van der Waals surface area contributed by atoms with Crippen molar-refractivity contribution in [3.63, 3.8) is 0 Å². The molecule has 1 aromatic carbocycles. The Labute approximate surface area is 99.8 Å². The fraction of sp³-hybridized carbons (Fsp3) is 0.308. The number of rotatable bonds is 2. The summed E-state index contributed by atoms with van der Waals surface area (Å²) in [5.74, 6) is 1.79. The van der Waals surface area contributed by atoms with Crippen LogP contribution in [0.3, 0.4) is 0 Å². The largest absolute Gasteiger partial charge is 0.496 e. The van der Waals surface area contributed by atoms with Crippen molar-refractivity contribution in [1.29, 1.82) is 0 Å². The summed E-state index contributed by atoms with van der Waals surface area (Å²) in [6.07, 6.45) is 0. The average Bonchev–Trinajstić information content (AvgIpc) is 2.65. The maximum absolute atomic E-state index is 12.1. The molecule has 0 unspecified atom stereocenters. The summed E-state index contributed by atoms with van der Waals surface area (Å²) in [5, 5.41) is 0. The zero-order chi connectivity index (χ0) is 12.6. The highest BCUT2D eigenvalue weighted by Gasteiger charge is 2.32. The fourth-order valence-electron chi connectivity index (χ4n) is 1.75. The second kappa shape index (κ2) is 4.13. The Bertz CT molecular complexity index is 510. The number of hydrogen-bond donors (Lipinski definition) is 0. The van der Waals surface area contributed by atoms with Gasteiger partial charge in [-0.1, -0.05) is 0 Å². The van der Waals surface area contributed by atoms with Crippen LogP contribution in [0.5, 0.6) is 17.2 Å². The molecule has 2 rings (SSSR count). The minimum atomic E-state index is -0.139. The van der Waals surface area contributed by atoms with Gasteiger partial charge in [-0.25, -0.2) is 0 Å². The third-order valence-corrected chi connectivity index (χ3v) is 2.59. The number of benzene rings is 1. The van der Waals surface area contributed by atoms with Gasteiger partial charge in [0.05, 0.1) is 14.2 Å². The number of methoxy groups -OCH3 is 2. The van der Waals surface area contributed by atoms with E-state index in [1.165, 1.54) is 7.11 Å². The molecule has 4 heteroatoms. The van der Waals surface area contributed by atoms with Crippen molar-refractivity contribution in [2.45, 2.75) is 13.8 Å². The van der Waals surface area contributed by atoms with Crippen molar-refractivity contribution < 1.29 is 19.0 Å². The summed E-state index contributed by atoms with van der Waals surface area (Å²) in [6, 6.07) is 3.36. The molecule has 0 fully saturated rings. The van der Waals surface area contributed by atoms with Gasteiger partial charge in [0.1, 0.15) is 22.8 Å². The standard InChI is InChI=1S/C13H14O4/c1-7(2)13-12(14)11-9(16-4)5-8(15-3)6-10(11)17-13/h5-6H,1-4H3. The molecule has 0 bridgehead atoms. The first-order valence-electron chi connectivity index (χ1n) is 5.24. The van der Waals surface area contributed by atoms with Crippen LogP contribution in [0.15, 0.2) is 23.5 Å². The van der Waals surface area contributed by atoms with E-state index in [1.54, 1.807) is 19.2 Å². The summed E-state index contributed by atoms with van der Waals surface area (Å²) >= 11 is 0. The zero-order valence-electron chi connectivity index (χ0n) is 10.3. The van der Waals surface area contributed by atoms with Gasteiger partial charge >= 0.3 is 0 Å². The molecule has 4 nitrogen and oxygen atoms in total. The van der Waals surface area contributed by atoms with Crippen LogP contribution in [-0.2, 0) is 0 Å². The highest BCUT2D eigenvalue weighted by Crippen LogP contribution is 2.41. The SMILES string of the molecule is COc1cc(OC)c2c(c1)OC(=C(C)C)C2=O. The summed E-state index contributed by atoms with van der Waals surface area (Å²) in [6.45, 7) is 3.67. The number of carbonyl (C=O) groups is 1. The quantitative estimate of drug-likeness (QED) is 0.738. The number of fused-ring (bicyclic) bond motifs is 1. The van der Waals surface area contributed by atoms with Crippen molar-refractivity contribution >= 4 is 5.78 Å². The number of carbonyl (C=O) groups excluding carboxylic acids is 1. The van der Waals surface area contributed by atoms with Crippen LogP contribution in [0, 0.1) is 0 Å². The van der Waals surface area contributed by atoms with E-state index < -0.39 is 0 Å². The lowest BCUT2D eigenvalue weighted by Crippen LogP contribution is -2.01. The topological polar surface area (TPSA) is 44.8 Å². The molecule has 0 aliphatic carbocycles. The first kappa shape index (κ1) is 11.5. The van der Waals surface area contributed by atoms with Crippen molar-refractivity contribution in [1.82, 2.24) is 0 Å². The van der Waals surface area contributed by atoms with Crippen LogP contribution in [0.25, 0.3) is 0 Å². The maximum atomic E-state index is 12.1. The molecular weight excluding hydrogens is 220 g/mol. The summed E-state index contributed by atoms with van der Waals surface area (Å²) < 4.78 is 15.9. The van der Waals surface area contributed by atoms with E-state index in [2.05, 4.69) is 0 Å². The molecular formula is C13H14O4. The minimum absolute atomic E-state index is 0.139. The van der Waals surface area contributed by atoms with E-state index >= 15 is 0 Å². The Morgan fingerprint density at radius 2 is 1.88 bits per heavy atom. The first-order valence-corrected chi connectivity index (χ1v) is 5.24. The van der Waals surface area contributed by atoms with E-state index in [9.17, 15) is 4.79 Å². The molecule has 1 heterocycles. The molecule has 0 aromatic heterocycles. The molecule has 17 heavy (non-hydrogen) atoms. The van der Waals surface area contributed by atoms with Gasteiger partial charge in [0.25, 0.3) is 0 Å². The van der Waals surface area contributed by atoms with Crippen LogP contribution in [0.2, 0.25) is 0 Å². The highest BCUT2D eigenvalue weighted by atomic mass is 16.5. The van der Waals surface area contributed by atoms with Gasteiger partial charge in [-0.05, 0) is 19.4 Å². The lowest BCUT2D eigenvalue weighted by molar-refractivity contribution is 0.101. The molecule has 1 aliphatic heterocycles. The van der Waals surface area contributed by atoms with Gasteiger partial charge in [0.2, 0.25) is 5.78 Å². The smallest absolute Gasteiger partial charge is 0.235 e. The van der Waals surface area contributed by atoms with Gasteiger partial charge in [-0.2, -0.15) is 0 Å². The van der Waals surface area contributed by atoms with Gasteiger partial charge in [0.15, 0.2) is 5.76 Å². The van der Waals surface area contributed by atoms with E-state index in [0.717, 1.165) is 5.57 Å². The lowest BCUT2D eigenvalue weighted by atomic mass is 10.1. The molecule has 0 atom stereocenters. The summed E-state index contributed by atoms with van der Waals surface area (Å²) in [5.41, 5.74) is 1.30. The fourth-order valence-corrected chi connectivity index (χ4v) is 1.75. The van der Waals surface area contributed by atoms with Gasteiger partial charge in [-0.15, -0.1) is 0 Å². The molecule has 1 aromatic rings. The summed E-state index contributed by atoms with van der Waals surface area (Å²) in [4.78, 5) is 12.1. The molecule has 0 saturated carbocycles. The Hall–Kier alpha value is -1.97. The highest BCUT2D eigenvalue weighted by molar-refractivity contribution is 6.14. The number of ether oxygens (including phenoxy) is 3. The molecule has 0 N–H and O–H groups in total. The van der Waals surface area contributed by atoms with Crippen LogP contribution < -0.4 is 14.2 Å². The average molecular weight is 234 g/mol. The third-order valence-electron chi connectivity index (χ3n) is 2.59. The molecule has 1 aliphatic rings. The maximum Gasteiger partial charge on any atom is 0.235 e.